The molecule has 1 fully saturated rings. The van der Waals surface area contributed by atoms with Gasteiger partial charge in [0.15, 0.2) is 5.16 Å². The summed E-state index contributed by atoms with van der Waals surface area (Å²) in [6.07, 6.45) is 3.45. The second kappa shape index (κ2) is 8.58. The van der Waals surface area contributed by atoms with E-state index in [0.717, 1.165) is 12.0 Å². The Kier molecular flexibility index (Phi) is 6.19. The summed E-state index contributed by atoms with van der Waals surface area (Å²) in [4.78, 5) is 24.4. The molecule has 1 saturated carbocycles. The lowest BCUT2D eigenvalue weighted by molar-refractivity contribution is -0.120. The van der Waals surface area contributed by atoms with Crippen molar-refractivity contribution in [2.75, 3.05) is 5.75 Å². The highest BCUT2D eigenvalue weighted by Gasteiger charge is 2.28. The van der Waals surface area contributed by atoms with Crippen LogP contribution in [0.25, 0.3) is 0 Å². The summed E-state index contributed by atoms with van der Waals surface area (Å²) in [6, 6.07) is 9.99. The van der Waals surface area contributed by atoms with E-state index in [2.05, 4.69) is 29.4 Å². The minimum Gasteiger partial charge on any atom is -0.352 e. The number of nitrogens with zero attached hydrogens (tertiary/aromatic N) is 2. The molecule has 2 aromatic rings. The molecule has 2 N–H and O–H groups in total. The third-order valence-corrected chi connectivity index (χ3v) is 6.27. The number of H-pyrrole nitrogens is 1. The molecule has 0 radical (unpaired) electrons. The molecule has 1 aliphatic rings. The number of hydrogen-bond acceptors (Lipinski definition) is 4. The number of thioether (sulfide) groups is 1. The molecule has 6 nitrogen and oxygen atoms in total. The maximum atomic E-state index is 12.4. The van der Waals surface area contributed by atoms with Gasteiger partial charge in [0.1, 0.15) is 0 Å². The van der Waals surface area contributed by atoms with Gasteiger partial charge in [0.25, 0.3) is 0 Å². The highest BCUT2D eigenvalue weighted by atomic mass is 32.2. The molecule has 7 heteroatoms. The number of rotatable bonds is 6. The molecule has 0 spiro atoms. The van der Waals surface area contributed by atoms with Crippen molar-refractivity contribution in [2.45, 2.75) is 50.9 Å². The van der Waals surface area contributed by atoms with Crippen LogP contribution >= 0.6 is 11.8 Å². The van der Waals surface area contributed by atoms with Crippen molar-refractivity contribution in [2.24, 2.45) is 11.8 Å². The summed E-state index contributed by atoms with van der Waals surface area (Å²) in [7, 11) is 0. The molecule has 0 unspecified atom stereocenters. The first-order chi connectivity index (χ1) is 12.5. The SMILES string of the molecule is C[C@H]1[C@H](C)CCC[C@@H]1NC(=O)CSc1n[nH]c(=O)n1Cc1ccccc1. The summed E-state index contributed by atoms with van der Waals surface area (Å²) in [6.45, 7) is 4.91. The van der Waals surface area contributed by atoms with E-state index in [1.54, 1.807) is 4.57 Å². The van der Waals surface area contributed by atoms with E-state index in [0.29, 0.717) is 23.5 Å². The monoisotopic (exact) mass is 374 g/mol. The highest BCUT2D eigenvalue weighted by molar-refractivity contribution is 7.99. The molecule has 26 heavy (non-hydrogen) atoms. The van der Waals surface area contributed by atoms with E-state index >= 15 is 0 Å². The fourth-order valence-electron chi connectivity index (χ4n) is 3.48. The zero-order valence-corrected chi connectivity index (χ0v) is 16.1. The maximum Gasteiger partial charge on any atom is 0.344 e. The van der Waals surface area contributed by atoms with E-state index in [-0.39, 0.29) is 23.4 Å². The number of benzene rings is 1. The predicted octanol–water partition coefficient (Wildman–Crippen LogP) is 2.65. The quantitative estimate of drug-likeness (QED) is 0.762. The zero-order chi connectivity index (χ0) is 18.5. The molecule has 1 aromatic heterocycles. The summed E-state index contributed by atoms with van der Waals surface area (Å²) < 4.78 is 1.57. The van der Waals surface area contributed by atoms with Crippen LogP contribution in [0.2, 0.25) is 0 Å². The smallest absolute Gasteiger partial charge is 0.344 e. The van der Waals surface area contributed by atoms with E-state index in [1.165, 1.54) is 24.6 Å². The van der Waals surface area contributed by atoms with Crippen LogP contribution in [-0.2, 0) is 11.3 Å². The standard InChI is InChI=1S/C19H26N4O2S/c1-13-7-6-10-16(14(13)2)20-17(24)12-26-19-22-21-18(25)23(19)11-15-8-4-3-5-9-15/h3-5,8-9,13-14,16H,6-7,10-12H2,1-2H3,(H,20,24)(H,21,25)/t13-,14+,16+/m1/s1. The van der Waals surface area contributed by atoms with Crippen molar-refractivity contribution in [3.05, 3.63) is 46.4 Å². The topological polar surface area (TPSA) is 79.8 Å². The first kappa shape index (κ1) is 18.8. The van der Waals surface area contributed by atoms with E-state index in [4.69, 9.17) is 0 Å². The molecule has 3 atom stereocenters. The van der Waals surface area contributed by atoms with E-state index in [1.807, 2.05) is 30.3 Å². The molecular formula is C19H26N4O2S. The van der Waals surface area contributed by atoms with Gasteiger partial charge in [-0.2, -0.15) is 0 Å². The average molecular weight is 375 g/mol. The fraction of sp³-hybridized carbons (Fsp3) is 0.526. The van der Waals surface area contributed by atoms with E-state index < -0.39 is 0 Å². The minimum atomic E-state index is -0.258. The van der Waals surface area contributed by atoms with Gasteiger partial charge in [-0.25, -0.2) is 9.89 Å². The van der Waals surface area contributed by atoms with Crippen LogP contribution in [0.5, 0.6) is 0 Å². The number of amides is 1. The number of carbonyl (C=O) groups excluding carboxylic acids is 1. The van der Waals surface area contributed by atoms with Crippen LogP contribution in [0.3, 0.4) is 0 Å². The summed E-state index contributed by atoms with van der Waals surface area (Å²) in [5, 5.41) is 10.2. The second-order valence-electron chi connectivity index (χ2n) is 7.11. The number of nitrogens with one attached hydrogen (secondary N) is 2. The van der Waals surface area contributed by atoms with Gasteiger partial charge in [-0.1, -0.05) is 68.8 Å². The molecule has 0 bridgehead atoms. The molecule has 1 amide bonds. The Balaban J connectivity index is 1.58. The van der Waals surface area contributed by atoms with Crippen molar-refractivity contribution < 1.29 is 4.79 Å². The second-order valence-corrected chi connectivity index (χ2v) is 8.06. The molecule has 0 aliphatic heterocycles. The summed E-state index contributed by atoms with van der Waals surface area (Å²) in [5.74, 6) is 1.41. The van der Waals surface area contributed by atoms with Crippen LogP contribution < -0.4 is 11.0 Å². The van der Waals surface area contributed by atoms with Gasteiger partial charge in [0.05, 0.1) is 12.3 Å². The van der Waals surface area contributed by atoms with Crippen LogP contribution in [0.15, 0.2) is 40.3 Å². The number of hydrogen-bond donors (Lipinski definition) is 2. The Morgan fingerprint density at radius 2 is 2.08 bits per heavy atom. The van der Waals surface area contributed by atoms with Gasteiger partial charge in [-0.3, -0.25) is 9.36 Å². The van der Waals surface area contributed by atoms with Crippen LogP contribution in [-0.4, -0.2) is 32.5 Å². The predicted molar refractivity (Wildman–Crippen MR) is 103 cm³/mol. The lowest BCUT2D eigenvalue weighted by atomic mass is 9.78. The normalized spacial score (nSPS) is 22.9. The first-order valence-electron chi connectivity index (χ1n) is 9.16. The molecule has 0 saturated heterocycles. The molecule has 1 aliphatic carbocycles. The van der Waals surface area contributed by atoms with E-state index in [9.17, 15) is 9.59 Å². The molecular weight excluding hydrogens is 348 g/mol. The maximum absolute atomic E-state index is 12.4. The Labute approximate surface area is 157 Å². The van der Waals surface area contributed by atoms with Crippen LogP contribution in [0.1, 0.15) is 38.7 Å². The van der Waals surface area contributed by atoms with Crippen molar-refractivity contribution >= 4 is 17.7 Å². The zero-order valence-electron chi connectivity index (χ0n) is 15.3. The molecule has 3 rings (SSSR count). The van der Waals surface area contributed by atoms with Gasteiger partial charge in [-0.05, 0) is 23.8 Å². The third-order valence-electron chi connectivity index (χ3n) is 5.29. The lowest BCUT2D eigenvalue weighted by Gasteiger charge is -2.34. The van der Waals surface area contributed by atoms with Gasteiger partial charge in [0.2, 0.25) is 5.91 Å². The summed E-state index contributed by atoms with van der Waals surface area (Å²) in [5.41, 5.74) is 0.763. The third kappa shape index (κ3) is 4.58. The first-order valence-corrected chi connectivity index (χ1v) is 10.1. The van der Waals surface area contributed by atoms with Crippen molar-refractivity contribution in [3.8, 4) is 0 Å². The molecule has 140 valence electrons. The van der Waals surface area contributed by atoms with Crippen molar-refractivity contribution in [1.82, 2.24) is 20.1 Å². The number of aromatic amines is 1. The largest absolute Gasteiger partial charge is 0.352 e. The van der Waals surface area contributed by atoms with Gasteiger partial charge in [-0.15, -0.1) is 5.10 Å². The number of carbonyl (C=O) groups is 1. The fourth-order valence-corrected chi connectivity index (χ4v) is 4.24. The lowest BCUT2D eigenvalue weighted by Crippen LogP contribution is -2.44. The molecule has 1 heterocycles. The average Bonchev–Trinajstić information content (AvgIpc) is 2.98. The summed E-state index contributed by atoms with van der Waals surface area (Å²) >= 11 is 1.29. The number of aromatic nitrogens is 3. The Morgan fingerprint density at radius 3 is 2.85 bits per heavy atom. The Hall–Kier alpha value is -2.02. The minimum absolute atomic E-state index is 0.00246. The van der Waals surface area contributed by atoms with Crippen LogP contribution in [0, 0.1) is 11.8 Å². The van der Waals surface area contributed by atoms with Crippen LogP contribution in [0.4, 0.5) is 0 Å². The van der Waals surface area contributed by atoms with Gasteiger partial charge in [0, 0.05) is 6.04 Å². The van der Waals surface area contributed by atoms with Crippen molar-refractivity contribution in [1.29, 1.82) is 0 Å². The van der Waals surface area contributed by atoms with Gasteiger partial charge < -0.3 is 5.32 Å². The van der Waals surface area contributed by atoms with Crippen molar-refractivity contribution in [3.63, 3.8) is 0 Å². The highest BCUT2D eigenvalue weighted by Crippen LogP contribution is 2.29. The van der Waals surface area contributed by atoms with Gasteiger partial charge >= 0.3 is 5.69 Å². The molecule has 1 aromatic carbocycles. The Bertz CT molecular complexity index is 786. The Morgan fingerprint density at radius 1 is 1.31 bits per heavy atom.